The highest BCUT2D eigenvalue weighted by Crippen LogP contribution is 2.30. The second kappa shape index (κ2) is 10.5. The smallest absolute Gasteiger partial charge is 0.277 e. The Labute approximate surface area is 226 Å². The molecule has 0 bridgehead atoms. The predicted octanol–water partition coefficient (Wildman–Crippen LogP) is 2.71. The maximum Gasteiger partial charge on any atom is 0.277 e. The molecule has 4 aromatic rings. The fraction of sp³-hybridized carbons (Fsp3) is 0.407. The Balaban J connectivity index is 1.52. The van der Waals surface area contributed by atoms with Gasteiger partial charge in [-0.25, -0.2) is 30.4 Å². The Bertz CT molecular complexity index is 1470. The number of aryl methyl sites for hydroxylation is 1. The summed E-state index contributed by atoms with van der Waals surface area (Å²) in [6.45, 7) is 9.69. The average molecular weight is 532 g/mol. The summed E-state index contributed by atoms with van der Waals surface area (Å²) in [5.74, 6) is 1.94. The van der Waals surface area contributed by atoms with E-state index in [2.05, 4.69) is 59.9 Å². The fourth-order valence-corrected chi connectivity index (χ4v) is 4.46. The van der Waals surface area contributed by atoms with Crippen molar-refractivity contribution >= 4 is 28.8 Å². The van der Waals surface area contributed by atoms with Crippen LogP contribution in [0.3, 0.4) is 0 Å². The van der Waals surface area contributed by atoms with Crippen LogP contribution in [0.1, 0.15) is 42.5 Å². The number of aromatic nitrogens is 6. The van der Waals surface area contributed by atoms with Gasteiger partial charge in [-0.3, -0.25) is 10.0 Å². The van der Waals surface area contributed by atoms with Crippen molar-refractivity contribution in [3.05, 3.63) is 53.6 Å². The van der Waals surface area contributed by atoms with Crippen molar-refractivity contribution in [1.82, 2.24) is 35.0 Å². The van der Waals surface area contributed by atoms with Crippen molar-refractivity contribution in [3.8, 4) is 11.4 Å². The first-order chi connectivity index (χ1) is 18.7. The molecule has 3 aromatic heterocycles. The SMILES string of the molecule is CN(Cc1nc2c(N3CCOCC3)nc(-c3ccc(C(C)(C)C)cc3)nc2n1C)c1ncc(C(=O)NO)cn1. The minimum atomic E-state index is -0.669. The molecule has 1 saturated heterocycles. The van der Waals surface area contributed by atoms with Gasteiger partial charge in [0.2, 0.25) is 5.95 Å². The number of nitrogens with one attached hydrogen (secondary N) is 1. The van der Waals surface area contributed by atoms with Gasteiger partial charge in [0.05, 0.1) is 25.3 Å². The van der Waals surface area contributed by atoms with Gasteiger partial charge in [0.25, 0.3) is 5.91 Å². The van der Waals surface area contributed by atoms with Crippen molar-refractivity contribution in [1.29, 1.82) is 0 Å². The van der Waals surface area contributed by atoms with Gasteiger partial charge in [-0.15, -0.1) is 0 Å². The minimum Gasteiger partial charge on any atom is -0.378 e. The van der Waals surface area contributed by atoms with Crippen molar-refractivity contribution < 1.29 is 14.7 Å². The van der Waals surface area contributed by atoms with E-state index in [-0.39, 0.29) is 11.0 Å². The zero-order valence-corrected chi connectivity index (χ0v) is 22.8. The van der Waals surface area contributed by atoms with Crippen molar-refractivity contribution in [2.24, 2.45) is 7.05 Å². The van der Waals surface area contributed by atoms with E-state index in [1.807, 2.05) is 23.6 Å². The van der Waals surface area contributed by atoms with Crippen LogP contribution in [0.2, 0.25) is 0 Å². The lowest BCUT2D eigenvalue weighted by Crippen LogP contribution is -2.37. The Morgan fingerprint density at radius 3 is 2.36 bits per heavy atom. The van der Waals surface area contributed by atoms with E-state index in [1.165, 1.54) is 18.0 Å². The molecule has 5 rings (SSSR count). The van der Waals surface area contributed by atoms with Gasteiger partial charge >= 0.3 is 0 Å². The molecule has 1 amide bonds. The molecule has 0 spiro atoms. The van der Waals surface area contributed by atoms with Crippen molar-refractivity contribution in [3.63, 3.8) is 0 Å². The Morgan fingerprint density at radius 2 is 1.74 bits per heavy atom. The molecule has 12 heteroatoms. The van der Waals surface area contributed by atoms with Gasteiger partial charge in [0.1, 0.15) is 5.82 Å². The lowest BCUT2D eigenvalue weighted by Gasteiger charge is -2.28. The number of amides is 1. The van der Waals surface area contributed by atoms with Crippen LogP contribution in [-0.4, -0.2) is 74.0 Å². The van der Waals surface area contributed by atoms with Crippen LogP contribution in [0.5, 0.6) is 0 Å². The third-order valence-corrected chi connectivity index (χ3v) is 6.83. The number of fused-ring (bicyclic) bond motifs is 1. The summed E-state index contributed by atoms with van der Waals surface area (Å²) in [5, 5.41) is 8.82. The molecule has 1 aliphatic heterocycles. The normalized spacial score (nSPS) is 14.1. The number of benzene rings is 1. The monoisotopic (exact) mass is 531 g/mol. The third kappa shape index (κ3) is 5.38. The van der Waals surface area contributed by atoms with Crippen LogP contribution in [0.25, 0.3) is 22.6 Å². The van der Waals surface area contributed by atoms with Crippen molar-refractivity contribution in [2.75, 3.05) is 43.2 Å². The van der Waals surface area contributed by atoms with Crippen LogP contribution < -0.4 is 15.3 Å². The summed E-state index contributed by atoms with van der Waals surface area (Å²) in [4.78, 5) is 39.0. The number of hydrogen-bond donors (Lipinski definition) is 2. The van der Waals surface area contributed by atoms with E-state index in [9.17, 15) is 4.79 Å². The third-order valence-electron chi connectivity index (χ3n) is 6.83. The number of morpholine rings is 1. The topological polar surface area (TPSA) is 134 Å². The zero-order chi connectivity index (χ0) is 27.7. The molecule has 1 aromatic carbocycles. The van der Waals surface area contributed by atoms with Gasteiger partial charge in [-0.2, -0.15) is 0 Å². The molecule has 0 saturated carbocycles. The number of hydrogen-bond acceptors (Lipinski definition) is 10. The number of carbonyl (C=O) groups excluding carboxylic acids is 1. The Hall–Kier alpha value is -4.16. The Kier molecular flexibility index (Phi) is 7.15. The van der Waals surface area contributed by atoms with Crippen molar-refractivity contribution in [2.45, 2.75) is 32.7 Å². The number of rotatable bonds is 6. The first-order valence-corrected chi connectivity index (χ1v) is 12.8. The average Bonchev–Trinajstić information content (AvgIpc) is 3.26. The molecular weight excluding hydrogens is 498 g/mol. The fourth-order valence-electron chi connectivity index (χ4n) is 4.46. The van der Waals surface area contributed by atoms with Gasteiger partial charge in [-0.1, -0.05) is 45.0 Å². The summed E-state index contributed by atoms with van der Waals surface area (Å²) < 4.78 is 7.55. The first kappa shape index (κ1) is 26.4. The number of nitrogens with zero attached hydrogens (tertiary/aromatic N) is 8. The molecule has 39 heavy (non-hydrogen) atoms. The molecule has 4 heterocycles. The minimum absolute atomic E-state index is 0.0561. The predicted molar refractivity (Wildman–Crippen MR) is 147 cm³/mol. The number of ether oxygens (including phenoxy) is 1. The highest BCUT2D eigenvalue weighted by atomic mass is 16.5. The second-order valence-electron chi connectivity index (χ2n) is 10.6. The summed E-state index contributed by atoms with van der Waals surface area (Å²) in [6, 6.07) is 8.43. The number of anilines is 2. The summed E-state index contributed by atoms with van der Waals surface area (Å²) in [7, 11) is 3.79. The molecule has 0 radical (unpaired) electrons. The number of carbonyl (C=O) groups is 1. The zero-order valence-electron chi connectivity index (χ0n) is 22.8. The summed E-state index contributed by atoms with van der Waals surface area (Å²) >= 11 is 0. The van der Waals surface area contributed by atoms with Crippen LogP contribution >= 0.6 is 0 Å². The maximum absolute atomic E-state index is 11.6. The highest BCUT2D eigenvalue weighted by molar-refractivity contribution is 5.92. The second-order valence-corrected chi connectivity index (χ2v) is 10.6. The lowest BCUT2D eigenvalue weighted by molar-refractivity contribution is 0.0705. The number of imidazole rings is 1. The molecule has 0 aliphatic carbocycles. The van der Waals surface area contributed by atoms with Crippen LogP contribution in [-0.2, 0) is 23.7 Å². The molecular formula is C27H33N9O3. The van der Waals surface area contributed by atoms with E-state index < -0.39 is 5.91 Å². The van der Waals surface area contributed by atoms with Crippen LogP contribution in [0.15, 0.2) is 36.7 Å². The van der Waals surface area contributed by atoms with Crippen LogP contribution in [0.4, 0.5) is 11.8 Å². The largest absolute Gasteiger partial charge is 0.378 e. The maximum atomic E-state index is 11.6. The summed E-state index contributed by atoms with van der Waals surface area (Å²) in [6.07, 6.45) is 2.72. The quantitative estimate of drug-likeness (QED) is 0.282. The van der Waals surface area contributed by atoms with E-state index in [4.69, 9.17) is 24.9 Å². The van der Waals surface area contributed by atoms with Gasteiger partial charge in [0, 0.05) is 45.1 Å². The van der Waals surface area contributed by atoms with E-state index in [1.54, 1.807) is 5.48 Å². The molecule has 0 unspecified atom stereocenters. The summed E-state index contributed by atoms with van der Waals surface area (Å²) in [5.41, 5.74) is 5.45. The number of hydroxylamine groups is 1. The standard InChI is InChI=1S/C27H33N9O3/c1-27(2,3)19-8-6-17(7-9-19)22-31-23-21(24(32-22)36-10-12-39-13-11-36)30-20(35(23)5)16-34(4)26-28-14-18(15-29-26)25(37)33-38/h6-9,14-15,38H,10-13,16H2,1-5H3,(H,33,37). The van der Waals surface area contributed by atoms with Gasteiger partial charge in [0.15, 0.2) is 22.8 Å². The molecule has 1 fully saturated rings. The molecule has 0 atom stereocenters. The molecule has 204 valence electrons. The van der Waals surface area contributed by atoms with E-state index in [0.717, 1.165) is 41.5 Å². The van der Waals surface area contributed by atoms with E-state index in [0.29, 0.717) is 31.5 Å². The van der Waals surface area contributed by atoms with Gasteiger partial charge in [-0.05, 0) is 11.0 Å². The first-order valence-electron chi connectivity index (χ1n) is 12.8. The molecule has 12 nitrogen and oxygen atoms in total. The lowest BCUT2D eigenvalue weighted by atomic mass is 9.87. The molecule has 2 N–H and O–H groups in total. The van der Waals surface area contributed by atoms with E-state index >= 15 is 0 Å². The highest BCUT2D eigenvalue weighted by Gasteiger charge is 2.24. The van der Waals surface area contributed by atoms with Crippen LogP contribution in [0, 0.1) is 0 Å². The Morgan fingerprint density at radius 1 is 1.08 bits per heavy atom. The molecule has 1 aliphatic rings. The van der Waals surface area contributed by atoms with Gasteiger partial charge < -0.3 is 19.1 Å².